The number of nitrogens with zero attached hydrogens (tertiary/aromatic N) is 4. The van der Waals surface area contributed by atoms with E-state index in [0.29, 0.717) is 12.1 Å². The molecule has 7 heteroatoms. The Bertz CT molecular complexity index is 658. The van der Waals surface area contributed by atoms with Gasteiger partial charge in [0.2, 0.25) is 0 Å². The van der Waals surface area contributed by atoms with E-state index < -0.39 is 0 Å². The van der Waals surface area contributed by atoms with Gasteiger partial charge in [-0.15, -0.1) is 24.0 Å². The fourth-order valence-electron chi connectivity index (χ4n) is 3.35. The average Bonchev–Trinajstić information content (AvgIpc) is 3.25. The van der Waals surface area contributed by atoms with Crippen molar-refractivity contribution in [3.05, 3.63) is 54.6 Å². The number of halogens is 1. The SMILES string of the molecule is CN=C(NCCn1ccnc1)NC1CC(C)N(Cc2ccccc2)C1.I. The van der Waals surface area contributed by atoms with Gasteiger partial charge in [0.25, 0.3) is 0 Å². The summed E-state index contributed by atoms with van der Waals surface area (Å²) in [7, 11) is 1.83. The molecule has 1 aliphatic heterocycles. The van der Waals surface area contributed by atoms with Crippen molar-refractivity contribution in [2.45, 2.75) is 38.5 Å². The number of hydrogen-bond donors (Lipinski definition) is 2. The zero-order chi connectivity index (χ0) is 17.5. The maximum atomic E-state index is 4.36. The highest BCUT2D eigenvalue weighted by Gasteiger charge is 2.29. The number of guanidine groups is 1. The van der Waals surface area contributed by atoms with Crippen molar-refractivity contribution in [1.29, 1.82) is 0 Å². The maximum absolute atomic E-state index is 4.36. The summed E-state index contributed by atoms with van der Waals surface area (Å²) in [6.45, 7) is 6.05. The normalized spacial score (nSPS) is 20.6. The number of nitrogens with one attached hydrogen (secondary N) is 2. The van der Waals surface area contributed by atoms with Crippen LogP contribution in [0.4, 0.5) is 0 Å². The summed E-state index contributed by atoms with van der Waals surface area (Å²) < 4.78 is 2.06. The third kappa shape index (κ3) is 5.98. The molecule has 1 aromatic carbocycles. The smallest absolute Gasteiger partial charge is 0.191 e. The van der Waals surface area contributed by atoms with Gasteiger partial charge in [0.15, 0.2) is 5.96 Å². The molecule has 1 aliphatic rings. The van der Waals surface area contributed by atoms with E-state index in [9.17, 15) is 0 Å². The number of likely N-dealkylation sites (tertiary alicyclic amines) is 1. The Kier molecular flexibility index (Phi) is 8.37. The highest BCUT2D eigenvalue weighted by atomic mass is 127. The largest absolute Gasteiger partial charge is 0.355 e. The minimum Gasteiger partial charge on any atom is -0.355 e. The standard InChI is InChI=1S/C19H28N6.HI/c1-16-12-18(14-25(16)13-17-6-4-3-5-7-17)23-19(20-2)22-9-11-24-10-8-21-15-24;/h3-8,10,15-16,18H,9,11-14H2,1-2H3,(H2,20,22,23);1H. The molecule has 2 aromatic rings. The first-order chi connectivity index (χ1) is 12.2. The Morgan fingerprint density at radius 3 is 2.81 bits per heavy atom. The molecule has 0 bridgehead atoms. The second kappa shape index (κ2) is 10.5. The lowest BCUT2D eigenvalue weighted by Gasteiger charge is -2.21. The van der Waals surface area contributed by atoms with E-state index >= 15 is 0 Å². The first-order valence-electron chi connectivity index (χ1n) is 8.95. The van der Waals surface area contributed by atoms with Crippen LogP contribution in [0.5, 0.6) is 0 Å². The van der Waals surface area contributed by atoms with Gasteiger partial charge in [0.1, 0.15) is 0 Å². The second-order valence-electron chi connectivity index (χ2n) is 6.64. The molecule has 2 heterocycles. The average molecular weight is 468 g/mol. The molecule has 2 atom stereocenters. The minimum absolute atomic E-state index is 0. The fraction of sp³-hybridized carbons (Fsp3) is 0.474. The van der Waals surface area contributed by atoms with Crippen LogP contribution < -0.4 is 10.6 Å². The molecule has 2 N–H and O–H groups in total. The molecule has 0 saturated carbocycles. The quantitative estimate of drug-likeness (QED) is 0.388. The highest BCUT2D eigenvalue weighted by Crippen LogP contribution is 2.20. The lowest BCUT2D eigenvalue weighted by molar-refractivity contribution is 0.258. The Balaban J connectivity index is 0.00000243. The Morgan fingerprint density at radius 1 is 1.31 bits per heavy atom. The van der Waals surface area contributed by atoms with E-state index in [1.807, 2.05) is 19.6 Å². The summed E-state index contributed by atoms with van der Waals surface area (Å²) in [4.78, 5) is 10.9. The van der Waals surface area contributed by atoms with Crippen LogP contribution in [0.1, 0.15) is 18.9 Å². The molecule has 2 unspecified atom stereocenters. The molecule has 26 heavy (non-hydrogen) atoms. The van der Waals surface area contributed by atoms with Gasteiger partial charge in [-0.1, -0.05) is 30.3 Å². The number of rotatable bonds is 6. The number of benzene rings is 1. The predicted molar refractivity (Wildman–Crippen MR) is 117 cm³/mol. The number of aromatic nitrogens is 2. The summed E-state index contributed by atoms with van der Waals surface area (Å²) in [5.41, 5.74) is 1.37. The van der Waals surface area contributed by atoms with Gasteiger partial charge in [0.05, 0.1) is 6.33 Å². The molecule has 142 valence electrons. The monoisotopic (exact) mass is 468 g/mol. The lowest BCUT2D eigenvalue weighted by atomic mass is 10.2. The van der Waals surface area contributed by atoms with Crippen LogP contribution in [0.2, 0.25) is 0 Å². The van der Waals surface area contributed by atoms with Crippen molar-refractivity contribution in [1.82, 2.24) is 25.1 Å². The molecular formula is C19H29IN6. The summed E-state index contributed by atoms with van der Waals surface area (Å²) >= 11 is 0. The van der Waals surface area contributed by atoms with E-state index in [1.54, 1.807) is 6.20 Å². The van der Waals surface area contributed by atoms with Gasteiger partial charge in [-0.3, -0.25) is 9.89 Å². The number of hydrogen-bond acceptors (Lipinski definition) is 3. The fourth-order valence-corrected chi connectivity index (χ4v) is 3.35. The van der Waals surface area contributed by atoms with Crippen molar-refractivity contribution >= 4 is 29.9 Å². The van der Waals surface area contributed by atoms with Crippen LogP contribution in [0, 0.1) is 0 Å². The van der Waals surface area contributed by atoms with E-state index in [4.69, 9.17) is 0 Å². The Hall–Kier alpha value is -1.61. The minimum atomic E-state index is 0. The molecule has 6 nitrogen and oxygen atoms in total. The van der Waals surface area contributed by atoms with E-state index in [1.165, 1.54) is 5.56 Å². The van der Waals surface area contributed by atoms with E-state index in [2.05, 4.69) is 67.3 Å². The van der Waals surface area contributed by atoms with Crippen LogP contribution in [-0.4, -0.2) is 52.6 Å². The summed E-state index contributed by atoms with van der Waals surface area (Å²) in [6.07, 6.45) is 6.74. The molecular weight excluding hydrogens is 439 g/mol. The summed E-state index contributed by atoms with van der Waals surface area (Å²) in [6, 6.07) is 11.7. The first-order valence-corrected chi connectivity index (χ1v) is 8.95. The zero-order valence-electron chi connectivity index (χ0n) is 15.5. The van der Waals surface area contributed by atoms with Gasteiger partial charge in [-0.05, 0) is 18.9 Å². The topological polar surface area (TPSA) is 57.5 Å². The number of aliphatic imine (C=N–C) groups is 1. The molecule has 1 saturated heterocycles. The van der Waals surface area contributed by atoms with Gasteiger partial charge in [-0.2, -0.15) is 0 Å². The summed E-state index contributed by atoms with van der Waals surface area (Å²) in [5.74, 6) is 0.874. The van der Waals surface area contributed by atoms with Crippen molar-refractivity contribution < 1.29 is 0 Å². The molecule has 1 fully saturated rings. The van der Waals surface area contributed by atoms with E-state index in [-0.39, 0.29) is 24.0 Å². The van der Waals surface area contributed by atoms with Crippen molar-refractivity contribution in [2.24, 2.45) is 4.99 Å². The third-order valence-electron chi connectivity index (χ3n) is 4.72. The molecule has 0 radical (unpaired) electrons. The molecule has 0 amide bonds. The summed E-state index contributed by atoms with van der Waals surface area (Å²) in [5, 5.41) is 6.95. The van der Waals surface area contributed by atoms with Gasteiger partial charge in [-0.25, -0.2) is 4.98 Å². The van der Waals surface area contributed by atoms with Gasteiger partial charge in [0, 0.05) is 57.7 Å². The van der Waals surface area contributed by atoms with Crippen molar-refractivity contribution in [3.8, 4) is 0 Å². The highest BCUT2D eigenvalue weighted by molar-refractivity contribution is 14.0. The molecule has 0 aliphatic carbocycles. The Morgan fingerprint density at radius 2 is 2.12 bits per heavy atom. The van der Waals surface area contributed by atoms with Crippen LogP contribution in [0.3, 0.4) is 0 Å². The zero-order valence-corrected chi connectivity index (χ0v) is 17.8. The van der Waals surface area contributed by atoms with Crippen LogP contribution in [-0.2, 0) is 13.1 Å². The maximum Gasteiger partial charge on any atom is 0.191 e. The number of imidazole rings is 1. The second-order valence-corrected chi connectivity index (χ2v) is 6.64. The lowest BCUT2D eigenvalue weighted by Crippen LogP contribution is -2.45. The third-order valence-corrected chi connectivity index (χ3v) is 4.72. The van der Waals surface area contributed by atoms with Crippen LogP contribution in [0.15, 0.2) is 54.0 Å². The van der Waals surface area contributed by atoms with Crippen molar-refractivity contribution in [2.75, 3.05) is 20.1 Å². The van der Waals surface area contributed by atoms with E-state index in [0.717, 1.165) is 38.6 Å². The first kappa shape index (κ1) is 20.7. The van der Waals surface area contributed by atoms with Gasteiger partial charge < -0.3 is 15.2 Å². The van der Waals surface area contributed by atoms with Crippen molar-refractivity contribution in [3.63, 3.8) is 0 Å². The van der Waals surface area contributed by atoms with Crippen LogP contribution >= 0.6 is 24.0 Å². The van der Waals surface area contributed by atoms with Gasteiger partial charge >= 0.3 is 0 Å². The Labute approximate surface area is 173 Å². The predicted octanol–water partition coefficient (Wildman–Crippen LogP) is 2.33. The molecule has 0 spiro atoms. The molecule has 1 aromatic heterocycles. The molecule has 3 rings (SSSR count). The van der Waals surface area contributed by atoms with Crippen LogP contribution in [0.25, 0.3) is 0 Å².